The second-order valence-corrected chi connectivity index (χ2v) is 6.57. The maximum atomic E-state index is 12.6. The summed E-state index contributed by atoms with van der Waals surface area (Å²) >= 11 is 0. The third-order valence-electron chi connectivity index (χ3n) is 4.62. The van der Waals surface area contributed by atoms with Crippen LogP contribution in [0.5, 0.6) is 0 Å². The van der Waals surface area contributed by atoms with Gasteiger partial charge in [-0.25, -0.2) is 0 Å². The van der Waals surface area contributed by atoms with E-state index in [1.807, 2.05) is 25.2 Å². The van der Waals surface area contributed by atoms with Crippen LogP contribution in [-0.4, -0.2) is 42.8 Å². The molecule has 1 aromatic rings. The Morgan fingerprint density at radius 1 is 1.24 bits per heavy atom. The molecular formula is C18H24N2O. The number of fused-ring (bicyclic) bond motifs is 1. The smallest absolute Gasteiger partial charge is 0.164 e. The molecule has 0 amide bonds. The highest BCUT2D eigenvalue weighted by molar-refractivity contribution is 5.98. The first-order valence-corrected chi connectivity index (χ1v) is 7.81. The average Bonchev–Trinajstić information content (AvgIpc) is 2.86. The molecule has 0 unspecified atom stereocenters. The largest absolute Gasteiger partial charge is 0.383 e. The molecule has 21 heavy (non-hydrogen) atoms. The lowest BCUT2D eigenvalue weighted by atomic mass is 9.78. The van der Waals surface area contributed by atoms with Crippen LogP contribution in [0.2, 0.25) is 0 Å². The molecule has 2 aliphatic rings. The van der Waals surface area contributed by atoms with E-state index < -0.39 is 0 Å². The van der Waals surface area contributed by atoms with Crippen LogP contribution in [0.15, 0.2) is 42.1 Å². The zero-order valence-corrected chi connectivity index (χ0v) is 13.0. The Kier molecular flexibility index (Phi) is 4.11. The summed E-state index contributed by atoms with van der Waals surface area (Å²) in [6.07, 6.45) is 4.11. The van der Waals surface area contributed by atoms with E-state index in [1.54, 1.807) is 0 Å². The molecule has 1 aromatic carbocycles. The van der Waals surface area contributed by atoms with Crippen molar-refractivity contribution in [3.05, 3.63) is 47.7 Å². The molecule has 0 bridgehead atoms. The van der Waals surface area contributed by atoms with Crippen LogP contribution < -0.4 is 0 Å². The van der Waals surface area contributed by atoms with Gasteiger partial charge < -0.3 is 4.90 Å². The van der Waals surface area contributed by atoms with Crippen molar-refractivity contribution in [2.75, 3.05) is 27.2 Å². The number of rotatable bonds is 3. The summed E-state index contributed by atoms with van der Waals surface area (Å²) in [5.74, 6) is 1.16. The standard InChI is InChI=1S/C18H24N2O/c1-19(2)11-16-9-8-15-12-20(13-17(15)18(16)21)10-14-6-4-3-5-7-14/h3-7,11,15,17H,8-10,12-13H2,1-2H3/b16-11-/t15-,17+/m0/s1. The molecule has 3 rings (SSSR count). The lowest BCUT2D eigenvalue weighted by molar-refractivity contribution is -0.121. The first-order chi connectivity index (χ1) is 10.1. The van der Waals surface area contributed by atoms with Gasteiger partial charge in [0.15, 0.2) is 5.78 Å². The number of Topliss-reactive ketones (excluding diaryl/α,β-unsaturated/α-hetero) is 1. The van der Waals surface area contributed by atoms with Crippen molar-refractivity contribution in [1.29, 1.82) is 0 Å². The maximum Gasteiger partial charge on any atom is 0.164 e. The number of carbonyl (C=O) groups is 1. The number of hydrogen-bond acceptors (Lipinski definition) is 3. The van der Waals surface area contributed by atoms with Gasteiger partial charge in [0, 0.05) is 51.4 Å². The molecule has 0 aromatic heterocycles. The molecular weight excluding hydrogens is 260 g/mol. The second kappa shape index (κ2) is 6.02. The van der Waals surface area contributed by atoms with E-state index >= 15 is 0 Å². The lowest BCUT2D eigenvalue weighted by Gasteiger charge is -2.25. The van der Waals surface area contributed by atoms with E-state index in [2.05, 4.69) is 35.2 Å². The van der Waals surface area contributed by atoms with Crippen LogP contribution in [-0.2, 0) is 11.3 Å². The normalized spacial score (nSPS) is 27.9. The van der Waals surface area contributed by atoms with Gasteiger partial charge in [0.1, 0.15) is 0 Å². The highest BCUT2D eigenvalue weighted by atomic mass is 16.1. The Morgan fingerprint density at radius 3 is 2.71 bits per heavy atom. The summed E-state index contributed by atoms with van der Waals surface area (Å²) in [4.78, 5) is 17.1. The fourth-order valence-corrected chi connectivity index (χ4v) is 3.66. The topological polar surface area (TPSA) is 23.6 Å². The van der Waals surface area contributed by atoms with Gasteiger partial charge in [0.05, 0.1) is 0 Å². The lowest BCUT2D eigenvalue weighted by Crippen LogP contribution is -2.30. The zero-order chi connectivity index (χ0) is 14.8. The van der Waals surface area contributed by atoms with E-state index in [9.17, 15) is 4.79 Å². The molecule has 0 radical (unpaired) electrons. The summed E-state index contributed by atoms with van der Waals surface area (Å²) in [6, 6.07) is 10.6. The molecule has 1 saturated heterocycles. The third kappa shape index (κ3) is 3.18. The Morgan fingerprint density at radius 2 is 2.00 bits per heavy atom. The summed E-state index contributed by atoms with van der Waals surface area (Å²) in [5, 5.41) is 0. The van der Waals surface area contributed by atoms with E-state index in [0.29, 0.717) is 11.7 Å². The van der Waals surface area contributed by atoms with Crippen molar-refractivity contribution < 1.29 is 4.79 Å². The number of benzene rings is 1. The minimum Gasteiger partial charge on any atom is -0.383 e. The van der Waals surface area contributed by atoms with Crippen LogP contribution in [0, 0.1) is 11.8 Å². The molecule has 3 heteroatoms. The van der Waals surface area contributed by atoms with E-state index in [-0.39, 0.29) is 5.92 Å². The molecule has 2 atom stereocenters. The van der Waals surface area contributed by atoms with Crippen molar-refractivity contribution in [3.63, 3.8) is 0 Å². The SMILES string of the molecule is CN(C)/C=C1/CC[C@H]2CN(Cc3ccccc3)C[C@H]2C1=O. The van der Waals surface area contributed by atoms with Gasteiger partial charge in [0.2, 0.25) is 0 Å². The minimum absolute atomic E-state index is 0.216. The summed E-state index contributed by atoms with van der Waals surface area (Å²) in [7, 11) is 3.98. The number of allylic oxidation sites excluding steroid dienone is 1. The zero-order valence-electron chi connectivity index (χ0n) is 13.0. The average molecular weight is 284 g/mol. The van der Waals surface area contributed by atoms with Crippen LogP contribution in [0.25, 0.3) is 0 Å². The molecule has 0 spiro atoms. The van der Waals surface area contributed by atoms with Crippen LogP contribution >= 0.6 is 0 Å². The summed E-state index contributed by atoms with van der Waals surface area (Å²) < 4.78 is 0. The Balaban J connectivity index is 1.67. The minimum atomic E-state index is 0.216. The van der Waals surface area contributed by atoms with Gasteiger partial charge in [-0.3, -0.25) is 9.69 Å². The fourth-order valence-electron chi connectivity index (χ4n) is 3.66. The third-order valence-corrected chi connectivity index (χ3v) is 4.62. The molecule has 112 valence electrons. The van der Waals surface area contributed by atoms with Crippen molar-refractivity contribution in [2.45, 2.75) is 19.4 Å². The Bertz CT molecular complexity index is 535. The van der Waals surface area contributed by atoms with E-state index in [0.717, 1.165) is 38.0 Å². The van der Waals surface area contributed by atoms with Gasteiger partial charge in [0.25, 0.3) is 0 Å². The summed E-state index contributed by atoms with van der Waals surface area (Å²) in [5.41, 5.74) is 2.36. The van der Waals surface area contributed by atoms with Crippen molar-refractivity contribution >= 4 is 5.78 Å². The molecule has 3 nitrogen and oxygen atoms in total. The van der Waals surface area contributed by atoms with Crippen molar-refractivity contribution in [2.24, 2.45) is 11.8 Å². The van der Waals surface area contributed by atoms with Crippen molar-refractivity contribution in [1.82, 2.24) is 9.80 Å². The molecule has 1 saturated carbocycles. The molecule has 2 fully saturated rings. The Hall–Kier alpha value is -1.61. The molecule has 0 N–H and O–H groups in total. The quantitative estimate of drug-likeness (QED) is 0.797. The number of likely N-dealkylation sites (tertiary alicyclic amines) is 1. The van der Waals surface area contributed by atoms with Gasteiger partial charge in [-0.1, -0.05) is 30.3 Å². The summed E-state index contributed by atoms with van der Waals surface area (Å²) in [6.45, 7) is 2.96. The van der Waals surface area contributed by atoms with E-state index in [4.69, 9.17) is 0 Å². The number of ketones is 1. The first-order valence-electron chi connectivity index (χ1n) is 7.81. The van der Waals surface area contributed by atoms with Crippen LogP contribution in [0.3, 0.4) is 0 Å². The predicted octanol–water partition coefficient (Wildman–Crippen LogP) is 2.54. The molecule has 1 aliphatic heterocycles. The maximum absolute atomic E-state index is 12.6. The first kappa shape index (κ1) is 14.3. The molecule has 1 heterocycles. The highest BCUT2D eigenvalue weighted by Crippen LogP contribution is 2.36. The number of nitrogens with zero attached hydrogens (tertiary/aromatic N) is 2. The number of carbonyl (C=O) groups excluding carboxylic acids is 1. The highest BCUT2D eigenvalue weighted by Gasteiger charge is 2.41. The molecule has 1 aliphatic carbocycles. The van der Waals surface area contributed by atoms with Gasteiger partial charge >= 0.3 is 0 Å². The van der Waals surface area contributed by atoms with Gasteiger partial charge in [-0.15, -0.1) is 0 Å². The van der Waals surface area contributed by atoms with Gasteiger partial charge in [-0.05, 0) is 24.3 Å². The van der Waals surface area contributed by atoms with E-state index in [1.165, 1.54) is 5.56 Å². The van der Waals surface area contributed by atoms with Gasteiger partial charge in [-0.2, -0.15) is 0 Å². The number of hydrogen-bond donors (Lipinski definition) is 0. The monoisotopic (exact) mass is 284 g/mol. The van der Waals surface area contributed by atoms with Crippen molar-refractivity contribution in [3.8, 4) is 0 Å². The van der Waals surface area contributed by atoms with Crippen LogP contribution in [0.1, 0.15) is 18.4 Å². The Labute approximate surface area is 127 Å². The second-order valence-electron chi connectivity index (χ2n) is 6.57. The fraction of sp³-hybridized carbons (Fsp3) is 0.500. The van der Waals surface area contributed by atoms with Crippen LogP contribution in [0.4, 0.5) is 0 Å². The predicted molar refractivity (Wildman–Crippen MR) is 84.7 cm³/mol.